The van der Waals surface area contributed by atoms with Crippen molar-refractivity contribution in [2.24, 2.45) is 0 Å². The summed E-state index contributed by atoms with van der Waals surface area (Å²) in [4.78, 5) is 6.34. The van der Waals surface area contributed by atoms with E-state index in [0.29, 0.717) is 6.61 Å². The molecule has 0 spiro atoms. The number of benzene rings is 1. The van der Waals surface area contributed by atoms with Crippen LogP contribution in [0, 0.1) is 11.8 Å². The molecule has 21 heavy (non-hydrogen) atoms. The molecule has 0 aliphatic rings. The maximum Gasteiger partial charge on any atom is 0.122 e. The average Bonchev–Trinajstić information content (AvgIpc) is 2.98. The van der Waals surface area contributed by atoms with Crippen LogP contribution in [0.1, 0.15) is 9.75 Å². The lowest BCUT2D eigenvalue weighted by Gasteiger charge is -2.05. The van der Waals surface area contributed by atoms with Crippen LogP contribution in [0.25, 0.3) is 10.9 Å². The highest BCUT2D eigenvalue weighted by molar-refractivity contribution is 7.12. The molecule has 0 atom stereocenters. The van der Waals surface area contributed by atoms with E-state index in [1.807, 2.05) is 42.5 Å². The molecule has 1 N–H and O–H groups in total. The van der Waals surface area contributed by atoms with Crippen LogP contribution in [0.4, 0.5) is 0 Å². The predicted octanol–water partition coefficient (Wildman–Crippen LogP) is 3.22. The van der Waals surface area contributed by atoms with Gasteiger partial charge in [-0.05, 0) is 30.3 Å². The van der Waals surface area contributed by atoms with Gasteiger partial charge in [0.2, 0.25) is 0 Å². The third-order valence-corrected chi connectivity index (χ3v) is 3.88. The Labute approximate surface area is 126 Å². The van der Waals surface area contributed by atoms with Crippen molar-refractivity contribution in [3.8, 4) is 17.6 Å². The highest BCUT2D eigenvalue weighted by atomic mass is 32.1. The minimum absolute atomic E-state index is 0.117. The molecule has 0 amide bonds. The van der Waals surface area contributed by atoms with E-state index in [-0.39, 0.29) is 6.61 Å². The maximum absolute atomic E-state index is 8.67. The van der Waals surface area contributed by atoms with E-state index in [4.69, 9.17) is 9.84 Å². The smallest absolute Gasteiger partial charge is 0.122 e. The van der Waals surface area contributed by atoms with Gasteiger partial charge in [-0.25, -0.2) is 0 Å². The quantitative estimate of drug-likeness (QED) is 0.754. The molecular weight excluding hydrogens is 282 g/mol. The van der Waals surface area contributed by atoms with E-state index in [0.717, 1.165) is 26.4 Å². The molecular formula is C17H13NO2S. The first-order chi connectivity index (χ1) is 10.3. The monoisotopic (exact) mass is 295 g/mol. The highest BCUT2D eigenvalue weighted by Gasteiger charge is 2.01. The molecule has 0 unspecified atom stereocenters. The molecule has 2 aromatic heterocycles. The normalized spacial score (nSPS) is 10.1. The lowest BCUT2D eigenvalue weighted by molar-refractivity contribution is 0.310. The molecule has 3 aromatic rings. The summed E-state index contributed by atoms with van der Waals surface area (Å²) in [6, 6.07) is 13.8. The van der Waals surface area contributed by atoms with Gasteiger partial charge in [-0.15, -0.1) is 11.3 Å². The number of aliphatic hydroxyl groups excluding tert-OH is 1. The minimum atomic E-state index is -0.117. The number of pyridine rings is 1. The molecule has 3 rings (SSSR count). The van der Waals surface area contributed by atoms with Crippen molar-refractivity contribution in [2.45, 2.75) is 6.61 Å². The highest BCUT2D eigenvalue weighted by Crippen LogP contribution is 2.22. The average molecular weight is 295 g/mol. The molecule has 0 saturated heterocycles. The van der Waals surface area contributed by atoms with E-state index in [2.05, 4.69) is 16.8 Å². The SMILES string of the molecule is OCC#Cc1ccc(COc2ccc3cccnc3c2)s1. The number of aliphatic hydroxyl groups is 1. The fourth-order valence-corrected chi connectivity index (χ4v) is 2.74. The van der Waals surface area contributed by atoms with Crippen LogP contribution in [-0.2, 0) is 6.61 Å². The molecule has 1 aromatic carbocycles. The molecule has 0 radical (unpaired) electrons. The van der Waals surface area contributed by atoms with Gasteiger partial charge in [-0.2, -0.15) is 0 Å². The zero-order valence-corrected chi connectivity index (χ0v) is 12.1. The van der Waals surface area contributed by atoms with Gasteiger partial charge in [0.05, 0.1) is 10.4 Å². The Bertz CT molecular complexity index is 814. The second-order valence-corrected chi connectivity index (χ2v) is 5.54. The van der Waals surface area contributed by atoms with E-state index in [1.165, 1.54) is 0 Å². The Morgan fingerprint density at radius 2 is 2.14 bits per heavy atom. The summed E-state index contributed by atoms with van der Waals surface area (Å²) in [6.45, 7) is 0.387. The molecule has 4 heteroatoms. The third kappa shape index (κ3) is 3.40. The Morgan fingerprint density at radius 1 is 1.19 bits per heavy atom. The Balaban J connectivity index is 1.69. The zero-order valence-electron chi connectivity index (χ0n) is 11.2. The first kappa shape index (κ1) is 13.6. The fraction of sp³-hybridized carbons (Fsp3) is 0.118. The number of fused-ring (bicyclic) bond motifs is 1. The number of ether oxygens (including phenoxy) is 1. The van der Waals surface area contributed by atoms with Gasteiger partial charge < -0.3 is 9.84 Å². The molecule has 0 saturated carbocycles. The van der Waals surface area contributed by atoms with Gasteiger partial charge in [-0.3, -0.25) is 4.98 Å². The second-order valence-electron chi connectivity index (χ2n) is 4.37. The number of hydrogen-bond acceptors (Lipinski definition) is 4. The first-order valence-corrected chi connectivity index (χ1v) is 7.33. The van der Waals surface area contributed by atoms with Gasteiger partial charge in [0.25, 0.3) is 0 Å². The molecule has 2 heterocycles. The topological polar surface area (TPSA) is 42.4 Å². The largest absolute Gasteiger partial charge is 0.488 e. The van der Waals surface area contributed by atoms with Crippen molar-refractivity contribution in [3.63, 3.8) is 0 Å². The summed E-state index contributed by atoms with van der Waals surface area (Å²) in [5.41, 5.74) is 0.927. The number of rotatable bonds is 3. The zero-order chi connectivity index (χ0) is 14.5. The van der Waals surface area contributed by atoms with Crippen molar-refractivity contribution in [1.82, 2.24) is 4.98 Å². The van der Waals surface area contributed by atoms with Crippen LogP contribution >= 0.6 is 11.3 Å². The van der Waals surface area contributed by atoms with Gasteiger partial charge in [-0.1, -0.05) is 17.9 Å². The van der Waals surface area contributed by atoms with E-state index >= 15 is 0 Å². The fourth-order valence-electron chi connectivity index (χ4n) is 1.94. The van der Waals surface area contributed by atoms with Gasteiger partial charge >= 0.3 is 0 Å². The van der Waals surface area contributed by atoms with Crippen molar-refractivity contribution in [3.05, 3.63) is 58.4 Å². The van der Waals surface area contributed by atoms with Crippen LogP contribution in [0.15, 0.2) is 48.7 Å². The summed E-state index contributed by atoms with van der Waals surface area (Å²) < 4.78 is 5.79. The predicted molar refractivity (Wildman–Crippen MR) is 84.4 cm³/mol. The van der Waals surface area contributed by atoms with Crippen molar-refractivity contribution in [1.29, 1.82) is 0 Å². The molecule has 0 aliphatic heterocycles. The van der Waals surface area contributed by atoms with Crippen molar-refractivity contribution >= 4 is 22.2 Å². The first-order valence-electron chi connectivity index (χ1n) is 6.51. The molecule has 0 fully saturated rings. The van der Waals surface area contributed by atoms with E-state index in [9.17, 15) is 0 Å². The standard InChI is InChI=1S/C17H13NO2S/c19-10-2-4-15-7-8-16(21-15)12-20-14-6-5-13-3-1-9-18-17(13)11-14/h1,3,5-9,11,19H,10,12H2. The third-order valence-electron chi connectivity index (χ3n) is 2.91. The van der Waals surface area contributed by atoms with Gasteiger partial charge in [0.15, 0.2) is 0 Å². The van der Waals surface area contributed by atoms with Crippen molar-refractivity contribution < 1.29 is 9.84 Å². The minimum Gasteiger partial charge on any atom is -0.488 e. The molecule has 3 nitrogen and oxygen atoms in total. The van der Waals surface area contributed by atoms with Crippen LogP contribution in [0.2, 0.25) is 0 Å². The van der Waals surface area contributed by atoms with Crippen molar-refractivity contribution in [2.75, 3.05) is 6.61 Å². The number of nitrogens with zero attached hydrogens (tertiary/aromatic N) is 1. The van der Waals surface area contributed by atoms with Crippen LogP contribution in [0.3, 0.4) is 0 Å². The molecule has 0 bridgehead atoms. The Morgan fingerprint density at radius 3 is 3.05 bits per heavy atom. The van der Waals surface area contributed by atoms with Crippen LogP contribution < -0.4 is 4.74 Å². The lowest BCUT2D eigenvalue weighted by Crippen LogP contribution is -1.92. The van der Waals surface area contributed by atoms with Gasteiger partial charge in [0.1, 0.15) is 19.0 Å². The van der Waals surface area contributed by atoms with Crippen LogP contribution in [-0.4, -0.2) is 16.7 Å². The summed E-state index contributed by atoms with van der Waals surface area (Å²) in [5, 5.41) is 9.77. The van der Waals surface area contributed by atoms with Crippen LogP contribution in [0.5, 0.6) is 5.75 Å². The van der Waals surface area contributed by atoms with E-state index < -0.39 is 0 Å². The maximum atomic E-state index is 8.67. The summed E-state index contributed by atoms with van der Waals surface area (Å²) in [6.07, 6.45) is 1.78. The summed E-state index contributed by atoms with van der Waals surface area (Å²) in [5.74, 6) is 6.33. The number of thiophene rings is 1. The Hall–Kier alpha value is -2.35. The molecule has 0 aliphatic carbocycles. The lowest BCUT2D eigenvalue weighted by atomic mass is 10.2. The number of hydrogen-bond donors (Lipinski definition) is 1. The second kappa shape index (κ2) is 6.40. The summed E-state index contributed by atoms with van der Waals surface area (Å²) >= 11 is 1.57. The Kier molecular flexibility index (Phi) is 4.15. The molecule has 104 valence electrons. The summed E-state index contributed by atoms with van der Waals surface area (Å²) in [7, 11) is 0. The number of aromatic nitrogens is 1. The van der Waals surface area contributed by atoms with Gasteiger partial charge in [0, 0.05) is 22.5 Å². The van der Waals surface area contributed by atoms with E-state index in [1.54, 1.807) is 17.5 Å².